The highest BCUT2D eigenvalue weighted by atomic mass is 16.6. The van der Waals surface area contributed by atoms with E-state index in [4.69, 9.17) is 10.5 Å². The van der Waals surface area contributed by atoms with Gasteiger partial charge in [-0.15, -0.1) is 0 Å². The Morgan fingerprint density at radius 1 is 1.44 bits per heavy atom. The molecule has 0 aromatic rings. The fourth-order valence-corrected chi connectivity index (χ4v) is 1.92. The molecule has 0 aromatic carbocycles. The van der Waals surface area contributed by atoms with E-state index in [1.165, 1.54) is 0 Å². The Kier molecular flexibility index (Phi) is 5.91. The number of primary amides is 1. The maximum atomic E-state index is 11.5. The molecule has 0 aromatic heterocycles. The lowest BCUT2D eigenvalue weighted by Crippen LogP contribution is -2.46. The predicted octanol–water partition coefficient (Wildman–Crippen LogP) is 0.318. The van der Waals surface area contributed by atoms with Crippen LogP contribution in [0, 0.1) is 5.92 Å². The molecule has 0 bridgehead atoms. The summed E-state index contributed by atoms with van der Waals surface area (Å²) in [4.78, 5) is 24.1. The molecule has 2 amide bonds. The van der Waals surface area contributed by atoms with Crippen LogP contribution in [0.4, 0.5) is 4.79 Å². The maximum Gasteiger partial charge on any atom is 0.409 e. The summed E-state index contributed by atoms with van der Waals surface area (Å²) in [6.07, 6.45) is 1.52. The van der Waals surface area contributed by atoms with Crippen molar-refractivity contribution in [2.75, 3.05) is 26.2 Å². The Morgan fingerprint density at radius 3 is 2.56 bits per heavy atom. The van der Waals surface area contributed by atoms with Gasteiger partial charge in [-0.3, -0.25) is 4.79 Å². The van der Waals surface area contributed by atoms with Gasteiger partial charge in [-0.25, -0.2) is 4.79 Å². The third kappa shape index (κ3) is 4.52. The van der Waals surface area contributed by atoms with Crippen LogP contribution in [0.15, 0.2) is 0 Å². The molecule has 1 unspecified atom stereocenters. The van der Waals surface area contributed by atoms with Gasteiger partial charge in [0.25, 0.3) is 0 Å². The minimum atomic E-state index is -0.286. The van der Waals surface area contributed by atoms with Crippen molar-refractivity contribution in [2.24, 2.45) is 11.7 Å². The van der Waals surface area contributed by atoms with Crippen LogP contribution >= 0.6 is 0 Å². The monoisotopic (exact) mass is 257 g/mol. The Morgan fingerprint density at radius 2 is 2.06 bits per heavy atom. The lowest BCUT2D eigenvalue weighted by atomic mass is 10.0. The van der Waals surface area contributed by atoms with Crippen LogP contribution in [0.1, 0.15) is 26.7 Å². The van der Waals surface area contributed by atoms with Crippen molar-refractivity contribution in [1.29, 1.82) is 0 Å². The molecule has 1 rings (SSSR count). The zero-order chi connectivity index (χ0) is 13.5. The molecule has 0 saturated carbocycles. The molecule has 1 aliphatic rings. The molecule has 6 heteroatoms. The third-order valence-electron chi connectivity index (χ3n) is 3.22. The van der Waals surface area contributed by atoms with Gasteiger partial charge >= 0.3 is 6.09 Å². The molecule has 6 nitrogen and oxygen atoms in total. The molecular formula is C12H23N3O3. The van der Waals surface area contributed by atoms with E-state index in [2.05, 4.69) is 5.32 Å². The van der Waals surface area contributed by atoms with Crippen molar-refractivity contribution in [3.05, 3.63) is 0 Å². The largest absolute Gasteiger partial charge is 0.450 e. The Balaban J connectivity index is 2.23. The average Bonchev–Trinajstić information content (AvgIpc) is 2.36. The fourth-order valence-electron chi connectivity index (χ4n) is 1.92. The van der Waals surface area contributed by atoms with Crippen molar-refractivity contribution >= 4 is 12.0 Å². The van der Waals surface area contributed by atoms with Crippen molar-refractivity contribution in [2.45, 2.75) is 32.7 Å². The van der Waals surface area contributed by atoms with E-state index in [9.17, 15) is 9.59 Å². The Hall–Kier alpha value is -1.30. The second-order valence-electron chi connectivity index (χ2n) is 4.67. The van der Waals surface area contributed by atoms with Crippen LogP contribution in [0.3, 0.4) is 0 Å². The number of hydrogen-bond acceptors (Lipinski definition) is 4. The molecule has 0 aliphatic carbocycles. The van der Waals surface area contributed by atoms with Crippen LogP contribution in [0.25, 0.3) is 0 Å². The Bertz CT molecular complexity index is 288. The van der Waals surface area contributed by atoms with Gasteiger partial charge in [-0.2, -0.15) is 0 Å². The zero-order valence-electron chi connectivity index (χ0n) is 11.1. The van der Waals surface area contributed by atoms with Gasteiger partial charge in [0.15, 0.2) is 0 Å². The van der Waals surface area contributed by atoms with E-state index >= 15 is 0 Å². The number of piperidine rings is 1. The third-order valence-corrected chi connectivity index (χ3v) is 3.22. The molecule has 3 N–H and O–H groups in total. The van der Waals surface area contributed by atoms with Crippen LogP contribution < -0.4 is 11.1 Å². The number of hydrogen-bond donors (Lipinski definition) is 2. The van der Waals surface area contributed by atoms with E-state index in [-0.39, 0.29) is 17.9 Å². The number of carbonyl (C=O) groups is 2. The summed E-state index contributed by atoms with van der Waals surface area (Å²) in [5.41, 5.74) is 5.20. The highest BCUT2D eigenvalue weighted by Gasteiger charge is 2.23. The van der Waals surface area contributed by atoms with Gasteiger partial charge in [0, 0.05) is 31.6 Å². The Labute approximate surface area is 108 Å². The highest BCUT2D eigenvalue weighted by Crippen LogP contribution is 2.11. The number of nitrogens with two attached hydrogens (primary N) is 1. The van der Waals surface area contributed by atoms with E-state index in [0.717, 1.165) is 12.8 Å². The van der Waals surface area contributed by atoms with Gasteiger partial charge < -0.3 is 20.7 Å². The van der Waals surface area contributed by atoms with E-state index in [1.807, 2.05) is 6.92 Å². The van der Waals surface area contributed by atoms with Crippen LogP contribution in [-0.2, 0) is 9.53 Å². The number of carbonyl (C=O) groups excluding carboxylic acids is 2. The summed E-state index contributed by atoms with van der Waals surface area (Å²) in [6.45, 7) is 6.01. The average molecular weight is 257 g/mol. The van der Waals surface area contributed by atoms with Gasteiger partial charge in [-0.1, -0.05) is 6.92 Å². The second kappa shape index (κ2) is 7.20. The number of nitrogens with one attached hydrogen (secondary N) is 1. The van der Waals surface area contributed by atoms with Gasteiger partial charge in [0.05, 0.1) is 6.61 Å². The molecule has 18 heavy (non-hydrogen) atoms. The van der Waals surface area contributed by atoms with E-state index < -0.39 is 0 Å². The minimum Gasteiger partial charge on any atom is -0.450 e. The zero-order valence-corrected chi connectivity index (χ0v) is 11.1. The summed E-state index contributed by atoms with van der Waals surface area (Å²) in [5.74, 6) is -0.445. The SMILES string of the molecule is CCOC(=O)N1CCC(NCC(C)C(N)=O)CC1. The summed E-state index contributed by atoms with van der Waals surface area (Å²) in [5, 5.41) is 3.31. The first-order chi connectivity index (χ1) is 8.54. The summed E-state index contributed by atoms with van der Waals surface area (Å²) in [6, 6.07) is 0.345. The number of ether oxygens (including phenoxy) is 1. The lowest BCUT2D eigenvalue weighted by Gasteiger charge is -2.32. The van der Waals surface area contributed by atoms with Crippen LogP contribution in [0.5, 0.6) is 0 Å². The summed E-state index contributed by atoms with van der Waals surface area (Å²) in [7, 11) is 0. The molecule has 0 radical (unpaired) electrons. The number of nitrogens with zero attached hydrogens (tertiary/aromatic N) is 1. The van der Waals surface area contributed by atoms with Gasteiger partial charge in [0.1, 0.15) is 0 Å². The fraction of sp³-hybridized carbons (Fsp3) is 0.833. The molecule has 1 atom stereocenters. The van der Waals surface area contributed by atoms with Crippen molar-refractivity contribution < 1.29 is 14.3 Å². The maximum absolute atomic E-state index is 11.5. The van der Waals surface area contributed by atoms with Gasteiger partial charge in [-0.05, 0) is 19.8 Å². The first-order valence-electron chi connectivity index (χ1n) is 6.49. The van der Waals surface area contributed by atoms with Crippen LogP contribution in [-0.4, -0.2) is 49.2 Å². The summed E-state index contributed by atoms with van der Waals surface area (Å²) < 4.78 is 4.95. The number of rotatable bonds is 5. The summed E-state index contributed by atoms with van der Waals surface area (Å²) >= 11 is 0. The van der Waals surface area contributed by atoms with Crippen molar-refractivity contribution in [1.82, 2.24) is 10.2 Å². The standard InChI is InChI=1S/C12H23N3O3/c1-3-18-12(17)15-6-4-10(5-7-15)14-8-9(2)11(13)16/h9-10,14H,3-8H2,1-2H3,(H2,13,16). The normalized spacial score (nSPS) is 18.4. The minimum absolute atomic E-state index is 0.159. The number of likely N-dealkylation sites (tertiary alicyclic amines) is 1. The molecule has 1 heterocycles. The lowest BCUT2D eigenvalue weighted by molar-refractivity contribution is -0.121. The van der Waals surface area contributed by atoms with E-state index in [1.54, 1.807) is 11.8 Å². The molecule has 1 saturated heterocycles. The van der Waals surface area contributed by atoms with Crippen molar-refractivity contribution in [3.8, 4) is 0 Å². The molecule has 0 spiro atoms. The highest BCUT2D eigenvalue weighted by molar-refractivity contribution is 5.76. The van der Waals surface area contributed by atoms with Crippen LogP contribution in [0.2, 0.25) is 0 Å². The molecular weight excluding hydrogens is 234 g/mol. The smallest absolute Gasteiger partial charge is 0.409 e. The predicted molar refractivity (Wildman–Crippen MR) is 68.0 cm³/mol. The second-order valence-corrected chi connectivity index (χ2v) is 4.67. The first kappa shape index (κ1) is 14.8. The topological polar surface area (TPSA) is 84.7 Å². The van der Waals surface area contributed by atoms with Gasteiger partial charge in [0.2, 0.25) is 5.91 Å². The molecule has 1 aliphatic heterocycles. The van der Waals surface area contributed by atoms with E-state index in [0.29, 0.717) is 32.3 Å². The quantitative estimate of drug-likeness (QED) is 0.742. The number of amides is 2. The molecule has 104 valence electrons. The first-order valence-corrected chi connectivity index (χ1v) is 6.49. The molecule has 1 fully saturated rings. The van der Waals surface area contributed by atoms with Crippen molar-refractivity contribution in [3.63, 3.8) is 0 Å².